The van der Waals surface area contributed by atoms with Crippen LogP contribution < -0.4 is 26.8 Å². The molecule has 0 saturated heterocycles. The number of thiophene rings is 1. The molecule has 0 atom stereocenters. The van der Waals surface area contributed by atoms with Crippen LogP contribution in [0.5, 0.6) is 5.75 Å². The third-order valence-electron chi connectivity index (χ3n) is 6.33. The Morgan fingerprint density at radius 2 is 1.93 bits per heavy atom. The molecule has 2 aromatic heterocycles. The van der Waals surface area contributed by atoms with E-state index in [1.807, 2.05) is 55.4 Å². The van der Waals surface area contributed by atoms with E-state index in [0.717, 1.165) is 22.5 Å². The number of anilines is 3. The smallest absolute Gasteiger partial charge is 0.263 e. The molecule has 40 heavy (non-hydrogen) atoms. The normalized spacial score (nSPS) is 10.9. The van der Waals surface area contributed by atoms with E-state index in [0.29, 0.717) is 57.2 Å². The van der Waals surface area contributed by atoms with E-state index in [9.17, 15) is 14.9 Å². The minimum atomic E-state index is -0.313. The zero-order valence-corrected chi connectivity index (χ0v) is 23.6. The average Bonchev–Trinajstić information content (AvgIpc) is 3.27. The van der Waals surface area contributed by atoms with Gasteiger partial charge in [-0.3, -0.25) is 9.59 Å². The first-order valence-electron chi connectivity index (χ1n) is 12.6. The number of pyridine rings is 1. The Labute approximate surface area is 236 Å². The molecule has 0 aliphatic heterocycles. The van der Waals surface area contributed by atoms with Crippen LogP contribution in [0.15, 0.2) is 42.5 Å². The van der Waals surface area contributed by atoms with Crippen molar-refractivity contribution in [2.75, 3.05) is 51.1 Å². The summed E-state index contributed by atoms with van der Waals surface area (Å²) in [5, 5.41) is 16.3. The lowest BCUT2D eigenvalue weighted by Gasteiger charge is -2.15. The van der Waals surface area contributed by atoms with E-state index in [2.05, 4.69) is 21.7 Å². The van der Waals surface area contributed by atoms with Gasteiger partial charge in [0.1, 0.15) is 32.9 Å². The maximum absolute atomic E-state index is 13.0. The summed E-state index contributed by atoms with van der Waals surface area (Å²) in [5.41, 5.74) is 16.5. The van der Waals surface area contributed by atoms with Crippen molar-refractivity contribution in [3.8, 4) is 34.1 Å². The van der Waals surface area contributed by atoms with Crippen LogP contribution in [0.2, 0.25) is 0 Å². The molecule has 2 heterocycles. The van der Waals surface area contributed by atoms with Gasteiger partial charge in [0.25, 0.3) is 5.91 Å². The van der Waals surface area contributed by atoms with Crippen LogP contribution in [0.3, 0.4) is 0 Å². The zero-order valence-electron chi connectivity index (χ0n) is 22.8. The second kappa shape index (κ2) is 12.0. The number of rotatable bonds is 9. The van der Waals surface area contributed by atoms with Crippen molar-refractivity contribution in [3.05, 3.63) is 52.9 Å². The van der Waals surface area contributed by atoms with Crippen LogP contribution in [0.25, 0.3) is 32.5 Å². The number of ether oxygens (including phenoxy) is 1. The van der Waals surface area contributed by atoms with Gasteiger partial charge in [-0.05, 0) is 49.5 Å². The van der Waals surface area contributed by atoms with Crippen molar-refractivity contribution in [2.24, 2.45) is 0 Å². The number of fused-ring (bicyclic) bond motifs is 1. The third kappa shape index (κ3) is 5.68. The Balaban J connectivity index is 1.88. The molecular weight excluding hydrogens is 526 g/mol. The number of nitrogens with two attached hydrogens (primary N) is 2. The topological polar surface area (TPSA) is 159 Å². The lowest BCUT2D eigenvalue weighted by atomic mass is 9.93. The number of carbonyl (C=O) groups excluding carboxylic acids is 2. The van der Waals surface area contributed by atoms with Crippen molar-refractivity contribution in [1.29, 1.82) is 5.26 Å². The number of nitrogens with one attached hydrogen (secondary N) is 2. The van der Waals surface area contributed by atoms with Gasteiger partial charge in [0.2, 0.25) is 5.91 Å². The first kappa shape index (κ1) is 28.4. The summed E-state index contributed by atoms with van der Waals surface area (Å²) < 4.78 is 5.65. The third-order valence-corrected chi connectivity index (χ3v) is 7.43. The van der Waals surface area contributed by atoms with Gasteiger partial charge in [0.05, 0.1) is 12.8 Å². The predicted molar refractivity (Wildman–Crippen MR) is 160 cm³/mol. The zero-order chi connectivity index (χ0) is 29.0. The average molecular weight is 558 g/mol. The first-order chi connectivity index (χ1) is 19.2. The van der Waals surface area contributed by atoms with Crippen LogP contribution >= 0.6 is 11.3 Å². The van der Waals surface area contributed by atoms with Crippen molar-refractivity contribution >= 4 is 50.6 Å². The van der Waals surface area contributed by atoms with Gasteiger partial charge < -0.3 is 31.7 Å². The number of benzene rings is 2. The number of nitriles is 1. The fourth-order valence-electron chi connectivity index (χ4n) is 4.32. The Kier molecular flexibility index (Phi) is 8.52. The Morgan fingerprint density at radius 1 is 1.15 bits per heavy atom. The summed E-state index contributed by atoms with van der Waals surface area (Å²) in [7, 11) is 5.41. The number of aromatic nitrogens is 1. The van der Waals surface area contributed by atoms with Gasteiger partial charge in [0, 0.05) is 41.7 Å². The van der Waals surface area contributed by atoms with Crippen molar-refractivity contribution in [1.82, 2.24) is 15.2 Å². The van der Waals surface area contributed by atoms with E-state index in [1.54, 1.807) is 20.1 Å². The molecule has 4 rings (SSSR count). The molecule has 6 N–H and O–H groups in total. The van der Waals surface area contributed by atoms with E-state index in [-0.39, 0.29) is 28.9 Å². The fourth-order valence-corrected chi connectivity index (χ4v) is 5.35. The van der Waals surface area contributed by atoms with Crippen LogP contribution in [-0.4, -0.2) is 56.0 Å². The highest BCUT2D eigenvalue weighted by Crippen LogP contribution is 2.44. The molecule has 0 fully saturated rings. The molecule has 2 amide bonds. The highest BCUT2D eigenvalue weighted by Gasteiger charge is 2.25. The number of hydrogen-bond donors (Lipinski definition) is 4. The largest absolute Gasteiger partial charge is 0.496 e. The fraction of sp³-hybridized carbons (Fsp3) is 0.241. The Morgan fingerprint density at radius 3 is 2.60 bits per heavy atom. The van der Waals surface area contributed by atoms with Crippen LogP contribution in [-0.2, 0) is 4.79 Å². The molecule has 0 saturated carbocycles. The van der Waals surface area contributed by atoms with Gasteiger partial charge in [-0.15, -0.1) is 11.3 Å². The number of nitrogens with zero attached hydrogens (tertiary/aromatic N) is 3. The SMILES string of the molecule is CCC(=O)Nc1cccc(-c2cc(-c3c(C#N)c(N)nc4sc(C(=O)NCCN(C)C)c(N)c34)ccc2OC)c1. The number of hydrogen-bond acceptors (Lipinski definition) is 9. The molecule has 4 aromatic rings. The summed E-state index contributed by atoms with van der Waals surface area (Å²) in [5.74, 6) is 0.235. The molecule has 0 radical (unpaired) electrons. The monoisotopic (exact) mass is 557 g/mol. The van der Waals surface area contributed by atoms with Crippen molar-refractivity contribution in [3.63, 3.8) is 0 Å². The van der Waals surface area contributed by atoms with E-state index in [4.69, 9.17) is 16.2 Å². The second-order valence-corrected chi connectivity index (χ2v) is 10.3. The van der Waals surface area contributed by atoms with Crippen LogP contribution in [0, 0.1) is 11.3 Å². The minimum Gasteiger partial charge on any atom is -0.496 e. The molecule has 0 aliphatic carbocycles. The second-order valence-electron chi connectivity index (χ2n) is 9.34. The number of methoxy groups -OCH3 is 1. The molecule has 0 unspecified atom stereocenters. The van der Waals surface area contributed by atoms with Gasteiger partial charge in [-0.1, -0.05) is 25.1 Å². The lowest BCUT2D eigenvalue weighted by Crippen LogP contribution is -2.31. The number of likely N-dealkylation sites (N-methyl/N-ethyl adjacent to an activating group) is 1. The maximum Gasteiger partial charge on any atom is 0.263 e. The quantitative estimate of drug-likeness (QED) is 0.237. The highest BCUT2D eigenvalue weighted by molar-refractivity contribution is 7.21. The van der Waals surface area contributed by atoms with E-state index >= 15 is 0 Å². The Hall–Kier alpha value is -4.66. The van der Waals surface area contributed by atoms with Gasteiger partial charge >= 0.3 is 0 Å². The number of amides is 2. The van der Waals surface area contributed by atoms with E-state index < -0.39 is 0 Å². The lowest BCUT2D eigenvalue weighted by molar-refractivity contribution is -0.115. The molecule has 0 bridgehead atoms. The summed E-state index contributed by atoms with van der Waals surface area (Å²) in [4.78, 5) is 32.1. The van der Waals surface area contributed by atoms with Crippen molar-refractivity contribution < 1.29 is 14.3 Å². The molecule has 0 spiro atoms. The Bertz CT molecular complexity index is 1640. The van der Waals surface area contributed by atoms with Gasteiger partial charge in [-0.2, -0.15) is 5.26 Å². The standard InChI is InChI=1S/C29H31N7O3S/c1-5-22(37)34-18-8-6-7-16(13-18)19-14-17(9-10-21(19)39-4)23-20(15-30)27(32)35-29-24(23)25(31)26(40-29)28(38)33-11-12-36(2)3/h6-10,13-14H,5,11-12,31H2,1-4H3,(H2,32,35)(H,33,38)(H,34,37). The molecule has 0 aliphatic rings. The molecular formula is C29H31N7O3S. The maximum atomic E-state index is 13.0. The van der Waals surface area contributed by atoms with Crippen LogP contribution in [0.1, 0.15) is 28.6 Å². The highest BCUT2D eigenvalue weighted by atomic mass is 32.1. The molecule has 206 valence electrons. The summed E-state index contributed by atoms with van der Waals surface area (Å²) in [6.07, 6.45) is 0.358. The number of nitrogen functional groups attached to an aromatic ring is 2. The molecule has 2 aromatic carbocycles. The summed E-state index contributed by atoms with van der Waals surface area (Å²) in [6, 6.07) is 15.1. The van der Waals surface area contributed by atoms with Crippen LogP contribution in [0.4, 0.5) is 17.2 Å². The minimum absolute atomic E-state index is 0.0486. The first-order valence-corrected chi connectivity index (χ1v) is 13.4. The summed E-state index contributed by atoms with van der Waals surface area (Å²) in [6.45, 7) is 2.91. The van der Waals surface area contributed by atoms with E-state index in [1.165, 1.54) is 0 Å². The van der Waals surface area contributed by atoms with Gasteiger partial charge in [0.15, 0.2) is 0 Å². The number of carbonyl (C=O) groups is 2. The predicted octanol–water partition coefficient (Wildman–Crippen LogP) is 4.31. The molecule has 11 heteroatoms. The molecule has 10 nitrogen and oxygen atoms in total. The summed E-state index contributed by atoms with van der Waals surface area (Å²) >= 11 is 1.13. The van der Waals surface area contributed by atoms with Gasteiger partial charge in [-0.25, -0.2) is 4.98 Å². The van der Waals surface area contributed by atoms with Crippen molar-refractivity contribution in [2.45, 2.75) is 13.3 Å².